The lowest BCUT2D eigenvalue weighted by Crippen LogP contribution is -2.06. The van der Waals surface area contributed by atoms with E-state index in [0.717, 1.165) is 83.3 Å². The molecule has 0 aliphatic rings. The van der Waals surface area contributed by atoms with Gasteiger partial charge in [0.05, 0.1) is 33.5 Å². The van der Waals surface area contributed by atoms with E-state index in [4.69, 9.17) is 19.9 Å². The summed E-state index contributed by atoms with van der Waals surface area (Å²) in [6.45, 7) is 0. The average molecular weight is 793 g/mol. The van der Waals surface area contributed by atoms with Gasteiger partial charge in [-0.3, -0.25) is 4.57 Å². The normalized spacial score (nSPS) is 11.5. The number of rotatable bonds is 7. The molecule has 8 aromatic carbocycles. The van der Waals surface area contributed by atoms with Gasteiger partial charge in [0.2, 0.25) is 5.95 Å². The van der Waals surface area contributed by atoms with Crippen molar-refractivity contribution in [3.63, 3.8) is 0 Å². The van der Waals surface area contributed by atoms with Crippen molar-refractivity contribution in [2.45, 2.75) is 0 Å². The third-order valence-corrected chi connectivity index (χ3v) is 11.8. The van der Waals surface area contributed by atoms with Crippen molar-refractivity contribution in [1.82, 2.24) is 29.1 Å². The number of nitrogens with zero attached hydrogens (tertiary/aromatic N) is 6. The first kappa shape index (κ1) is 35.5. The van der Waals surface area contributed by atoms with Gasteiger partial charge in [0.15, 0.2) is 11.6 Å². The molecule has 4 aromatic heterocycles. The highest BCUT2D eigenvalue weighted by Crippen LogP contribution is 2.40. The van der Waals surface area contributed by atoms with Gasteiger partial charge in [-0.25, -0.2) is 9.97 Å². The molecule has 0 aliphatic heterocycles. The number of fused-ring (bicyclic) bond motifs is 6. The first-order valence-corrected chi connectivity index (χ1v) is 20.8. The molecule has 0 N–H and O–H groups in total. The van der Waals surface area contributed by atoms with Gasteiger partial charge in [0.25, 0.3) is 0 Å². The van der Waals surface area contributed by atoms with E-state index >= 15 is 0 Å². The number of hydrogen-bond donors (Lipinski definition) is 0. The summed E-state index contributed by atoms with van der Waals surface area (Å²) in [5.41, 5.74) is 13.4. The van der Waals surface area contributed by atoms with Crippen molar-refractivity contribution in [2.24, 2.45) is 0 Å². The number of benzene rings is 8. The van der Waals surface area contributed by atoms with Crippen LogP contribution in [0.2, 0.25) is 0 Å². The standard InChI is InChI=1S/C56H36N6/c1-4-17-37(18-5-1)40-23-14-25-42(33-40)55-58-54(39-21-8-3-9-22-39)59-56(60-55)62-51-32-13-11-28-45(51)47-35-46-44-27-10-12-31-50(44)61(52(46)36-53(47)62)43-26-15-24-41(34-43)49-30-16-29-48(57-49)38-19-6-2-7-20-38/h1-36H. The smallest absolute Gasteiger partial charge is 0.238 e. The largest absolute Gasteiger partial charge is 0.309 e. The van der Waals surface area contributed by atoms with Gasteiger partial charge in [-0.15, -0.1) is 0 Å². The molecule has 290 valence electrons. The summed E-state index contributed by atoms with van der Waals surface area (Å²) in [6.07, 6.45) is 0. The van der Waals surface area contributed by atoms with Gasteiger partial charge in [-0.1, -0.05) is 164 Å². The second-order valence-electron chi connectivity index (χ2n) is 15.5. The van der Waals surface area contributed by atoms with Gasteiger partial charge in [-0.2, -0.15) is 9.97 Å². The number of aromatic nitrogens is 6. The van der Waals surface area contributed by atoms with Crippen LogP contribution in [-0.4, -0.2) is 29.1 Å². The van der Waals surface area contributed by atoms with Crippen LogP contribution in [0, 0.1) is 0 Å². The second kappa shape index (κ2) is 14.7. The summed E-state index contributed by atoms with van der Waals surface area (Å²) in [6, 6.07) is 76.2. The Morgan fingerprint density at radius 2 is 0.758 bits per heavy atom. The molecule has 12 rings (SSSR count). The molecular formula is C56H36N6. The minimum absolute atomic E-state index is 0.554. The number of para-hydroxylation sites is 2. The highest BCUT2D eigenvalue weighted by molar-refractivity contribution is 6.19. The molecule has 0 saturated heterocycles. The topological polar surface area (TPSA) is 61.4 Å². The summed E-state index contributed by atoms with van der Waals surface area (Å²) in [5.74, 6) is 1.77. The molecule has 4 heterocycles. The van der Waals surface area contributed by atoms with Crippen LogP contribution in [0.5, 0.6) is 0 Å². The Kier molecular flexibility index (Phi) is 8.38. The van der Waals surface area contributed by atoms with Gasteiger partial charge in [0, 0.05) is 49.5 Å². The molecule has 62 heavy (non-hydrogen) atoms. The summed E-state index contributed by atoms with van der Waals surface area (Å²) in [4.78, 5) is 20.8. The van der Waals surface area contributed by atoms with Crippen LogP contribution in [0.4, 0.5) is 0 Å². The summed E-state index contributed by atoms with van der Waals surface area (Å²) < 4.78 is 4.58. The zero-order valence-electron chi connectivity index (χ0n) is 33.5. The predicted octanol–water partition coefficient (Wildman–Crippen LogP) is 13.8. The quantitative estimate of drug-likeness (QED) is 0.161. The van der Waals surface area contributed by atoms with Crippen molar-refractivity contribution in [2.75, 3.05) is 0 Å². The summed E-state index contributed by atoms with van der Waals surface area (Å²) in [5, 5.41) is 4.61. The molecule has 0 fully saturated rings. The second-order valence-corrected chi connectivity index (χ2v) is 15.5. The highest BCUT2D eigenvalue weighted by Gasteiger charge is 2.21. The number of hydrogen-bond acceptors (Lipinski definition) is 4. The predicted molar refractivity (Wildman–Crippen MR) is 253 cm³/mol. The lowest BCUT2D eigenvalue weighted by Gasteiger charge is -2.13. The molecule has 0 atom stereocenters. The SMILES string of the molecule is c1ccc(-c2cccc(-c3nc(-c4ccccc4)nc(-n4c5ccccc5c5cc6c7ccccc7n(-c7cccc(-c8cccc(-c9ccccc9)n8)c7)c6cc54)n3)c2)cc1. The van der Waals surface area contributed by atoms with Crippen LogP contribution in [0.1, 0.15) is 0 Å². The van der Waals surface area contributed by atoms with Crippen molar-refractivity contribution in [3.8, 4) is 68.1 Å². The van der Waals surface area contributed by atoms with Crippen LogP contribution in [0.15, 0.2) is 218 Å². The Morgan fingerprint density at radius 3 is 1.47 bits per heavy atom. The van der Waals surface area contributed by atoms with E-state index in [9.17, 15) is 0 Å². The van der Waals surface area contributed by atoms with Crippen molar-refractivity contribution in [3.05, 3.63) is 218 Å². The maximum Gasteiger partial charge on any atom is 0.238 e. The zero-order valence-corrected chi connectivity index (χ0v) is 33.5. The fourth-order valence-electron chi connectivity index (χ4n) is 8.87. The maximum atomic E-state index is 5.31. The highest BCUT2D eigenvalue weighted by atomic mass is 15.2. The molecule has 6 heteroatoms. The Labute approximate surface area is 357 Å². The van der Waals surface area contributed by atoms with E-state index in [-0.39, 0.29) is 0 Å². The minimum atomic E-state index is 0.554. The van der Waals surface area contributed by atoms with Crippen LogP contribution in [0.3, 0.4) is 0 Å². The van der Waals surface area contributed by atoms with E-state index in [1.54, 1.807) is 0 Å². The van der Waals surface area contributed by atoms with E-state index in [1.165, 1.54) is 10.8 Å². The molecule has 0 amide bonds. The zero-order chi connectivity index (χ0) is 41.0. The molecular weight excluding hydrogens is 757 g/mol. The molecule has 0 aliphatic carbocycles. The van der Waals surface area contributed by atoms with Crippen molar-refractivity contribution in [1.29, 1.82) is 0 Å². The lowest BCUT2D eigenvalue weighted by molar-refractivity contribution is 0.953. The molecule has 6 nitrogen and oxygen atoms in total. The molecule has 0 saturated carbocycles. The maximum absolute atomic E-state index is 5.31. The third kappa shape index (κ3) is 6.04. The minimum Gasteiger partial charge on any atom is -0.309 e. The first-order chi connectivity index (χ1) is 30.7. The first-order valence-electron chi connectivity index (χ1n) is 20.8. The van der Waals surface area contributed by atoms with Gasteiger partial charge < -0.3 is 4.57 Å². The van der Waals surface area contributed by atoms with E-state index in [1.807, 2.05) is 30.3 Å². The van der Waals surface area contributed by atoms with Gasteiger partial charge in [-0.05, 0) is 65.7 Å². The Bertz CT molecular complexity index is 3630. The van der Waals surface area contributed by atoms with E-state index in [0.29, 0.717) is 17.6 Å². The van der Waals surface area contributed by atoms with Gasteiger partial charge in [0.1, 0.15) is 0 Å². The van der Waals surface area contributed by atoms with Crippen LogP contribution in [0.25, 0.3) is 112 Å². The van der Waals surface area contributed by atoms with E-state index < -0.39 is 0 Å². The monoisotopic (exact) mass is 792 g/mol. The molecule has 0 spiro atoms. The van der Waals surface area contributed by atoms with Crippen LogP contribution < -0.4 is 0 Å². The van der Waals surface area contributed by atoms with Gasteiger partial charge >= 0.3 is 0 Å². The van der Waals surface area contributed by atoms with Crippen LogP contribution in [-0.2, 0) is 0 Å². The Morgan fingerprint density at radius 1 is 0.258 bits per heavy atom. The Balaban J connectivity index is 1.09. The summed E-state index contributed by atoms with van der Waals surface area (Å²) >= 11 is 0. The summed E-state index contributed by atoms with van der Waals surface area (Å²) in [7, 11) is 0. The lowest BCUT2D eigenvalue weighted by atomic mass is 10.0. The Hall–Kier alpha value is -8.48. The fraction of sp³-hybridized carbons (Fsp3) is 0. The van der Waals surface area contributed by atoms with Crippen molar-refractivity contribution < 1.29 is 0 Å². The molecule has 0 unspecified atom stereocenters. The average Bonchev–Trinajstić information content (AvgIpc) is 3.86. The number of pyridine rings is 1. The van der Waals surface area contributed by atoms with Crippen molar-refractivity contribution >= 4 is 43.6 Å². The molecule has 12 aromatic rings. The molecule has 0 radical (unpaired) electrons. The molecule has 0 bridgehead atoms. The van der Waals surface area contributed by atoms with Crippen LogP contribution >= 0.6 is 0 Å². The van der Waals surface area contributed by atoms with E-state index in [2.05, 4.69) is 197 Å². The third-order valence-electron chi connectivity index (χ3n) is 11.8. The fourth-order valence-corrected chi connectivity index (χ4v) is 8.87.